The molecule has 0 saturated heterocycles. The van der Waals surface area contributed by atoms with E-state index >= 15 is 0 Å². The average Bonchev–Trinajstić information content (AvgIpc) is 2.40. The number of rotatable bonds is 6. The molecule has 1 amide bonds. The topological polar surface area (TPSA) is 86.6 Å². The molecule has 1 atom stereocenters. The highest BCUT2D eigenvalue weighted by molar-refractivity contribution is 6.42. The monoisotopic (exact) mass is 317 g/mol. The summed E-state index contributed by atoms with van der Waals surface area (Å²) < 4.78 is 0. The van der Waals surface area contributed by atoms with E-state index < -0.39 is 18.0 Å². The Morgan fingerprint density at radius 3 is 2.60 bits per heavy atom. The van der Waals surface area contributed by atoms with Crippen LogP contribution in [0, 0.1) is 0 Å². The second-order valence-electron chi connectivity index (χ2n) is 3.94. The van der Waals surface area contributed by atoms with Gasteiger partial charge in [-0.2, -0.15) is 0 Å². The zero-order valence-corrected chi connectivity index (χ0v) is 11.9. The first-order valence-electron chi connectivity index (χ1n) is 5.72. The van der Waals surface area contributed by atoms with Crippen LogP contribution < -0.4 is 5.32 Å². The first kappa shape index (κ1) is 16.5. The van der Waals surface area contributed by atoms with Crippen molar-refractivity contribution in [1.29, 1.82) is 0 Å². The Morgan fingerprint density at radius 2 is 2.00 bits per heavy atom. The molecule has 20 heavy (non-hydrogen) atoms. The SMILES string of the molecule is O=C(/C=C/c1ccc(Cl)c(Cl)c1)NCCC(O)C(=O)O. The van der Waals surface area contributed by atoms with Gasteiger partial charge in [0.2, 0.25) is 5.91 Å². The molecule has 1 aromatic carbocycles. The van der Waals surface area contributed by atoms with Gasteiger partial charge in [-0.1, -0.05) is 29.3 Å². The van der Waals surface area contributed by atoms with Crippen LogP contribution in [-0.4, -0.2) is 34.7 Å². The number of hydrogen-bond donors (Lipinski definition) is 3. The summed E-state index contributed by atoms with van der Waals surface area (Å²) in [6, 6.07) is 4.93. The lowest BCUT2D eigenvalue weighted by Crippen LogP contribution is -2.28. The number of carboxylic acids is 1. The van der Waals surface area contributed by atoms with Crippen molar-refractivity contribution in [1.82, 2.24) is 5.32 Å². The van der Waals surface area contributed by atoms with Crippen LogP contribution in [0.2, 0.25) is 10.0 Å². The fourth-order valence-corrected chi connectivity index (χ4v) is 1.61. The summed E-state index contributed by atoms with van der Waals surface area (Å²) >= 11 is 11.6. The van der Waals surface area contributed by atoms with Gasteiger partial charge in [0.05, 0.1) is 10.0 Å². The Morgan fingerprint density at radius 1 is 1.30 bits per heavy atom. The number of aliphatic hydroxyl groups is 1. The molecule has 5 nitrogen and oxygen atoms in total. The van der Waals surface area contributed by atoms with Crippen molar-refractivity contribution in [3.8, 4) is 0 Å². The minimum absolute atomic E-state index is 0.0539. The highest BCUT2D eigenvalue weighted by Gasteiger charge is 2.12. The summed E-state index contributed by atoms with van der Waals surface area (Å²) in [7, 11) is 0. The second-order valence-corrected chi connectivity index (χ2v) is 4.76. The van der Waals surface area contributed by atoms with E-state index in [1.807, 2.05) is 0 Å². The van der Waals surface area contributed by atoms with E-state index in [0.29, 0.717) is 15.6 Å². The molecule has 3 N–H and O–H groups in total. The molecule has 0 aliphatic heterocycles. The zero-order chi connectivity index (χ0) is 15.1. The molecule has 1 rings (SSSR count). The average molecular weight is 318 g/mol. The molecule has 1 unspecified atom stereocenters. The van der Waals surface area contributed by atoms with Gasteiger partial charge in [0.25, 0.3) is 0 Å². The number of halogens is 2. The molecule has 7 heteroatoms. The summed E-state index contributed by atoms with van der Waals surface area (Å²) in [5.74, 6) is -1.71. The number of carbonyl (C=O) groups excluding carboxylic acids is 1. The quantitative estimate of drug-likeness (QED) is 0.700. The number of nitrogens with one attached hydrogen (secondary N) is 1. The van der Waals surface area contributed by atoms with Gasteiger partial charge in [-0.15, -0.1) is 0 Å². The maximum Gasteiger partial charge on any atom is 0.332 e. The maximum absolute atomic E-state index is 11.4. The van der Waals surface area contributed by atoms with Gasteiger partial charge in [-0.3, -0.25) is 4.79 Å². The molecule has 0 heterocycles. The third-order valence-electron chi connectivity index (χ3n) is 2.37. The highest BCUT2D eigenvalue weighted by Crippen LogP contribution is 2.22. The smallest absolute Gasteiger partial charge is 0.332 e. The Hall–Kier alpha value is -1.56. The van der Waals surface area contributed by atoms with E-state index in [2.05, 4.69) is 5.32 Å². The largest absolute Gasteiger partial charge is 0.479 e. The van der Waals surface area contributed by atoms with Gasteiger partial charge in [0.1, 0.15) is 0 Å². The van der Waals surface area contributed by atoms with Crippen LogP contribution >= 0.6 is 23.2 Å². The van der Waals surface area contributed by atoms with Gasteiger partial charge in [0.15, 0.2) is 6.10 Å². The zero-order valence-electron chi connectivity index (χ0n) is 10.3. The van der Waals surface area contributed by atoms with Crippen LogP contribution in [0.3, 0.4) is 0 Å². The Kier molecular flexibility index (Phi) is 6.51. The van der Waals surface area contributed by atoms with Crippen molar-refractivity contribution in [2.24, 2.45) is 0 Å². The molecular weight excluding hydrogens is 305 g/mol. The van der Waals surface area contributed by atoms with Crippen LogP contribution in [0.15, 0.2) is 24.3 Å². The summed E-state index contributed by atoms with van der Waals surface area (Å²) in [6.07, 6.45) is 1.30. The summed E-state index contributed by atoms with van der Waals surface area (Å²) in [4.78, 5) is 21.8. The molecule has 0 spiro atoms. The van der Waals surface area contributed by atoms with Gasteiger partial charge in [-0.25, -0.2) is 4.79 Å². The summed E-state index contributed by atoms with van der Waals surface area (Å²) in [6.45, 7) is 0.0675. The van der Waals surface area contributed by atoms with Crippen molar-refractivity contribution in [2.45, 2.75) is 12.5 Å². The standard InChI is InChI=1S/C13H13Cl2NO4/c14-9-3-1-8(7-10(9)15)2-4-12(18)16-6-5-11(17)13(19)20/h1-4,7,11,17H,5-6H2,(H,16,18)(H,19,20)/b4-2+. The normalized spacial score (nSPS) is 12.3. The Bertz CT molecular complexity index is 531. The number of hydrogen-bond acceptors (Lipinski definition) is 3. The molecule has 0 bridgehead atoms. The van der Waals surface area contributed by atoms with Crippen molar-refractivity contribution in [3.05, 3.63) is 39.9 Å². The molecule has 108 valence electrons. The minimum Gasteiger partial charge on any atom is -0.479 e. The predicted octanol–water partition coefficient (Wildman–Crippen LogP) is 1.96. The van der Waals surface area contributed by atoms with Gasteiger partial charge >= 0.3 is 5.97 Å². The summed E-state index contributed by atoms with van der Waals surface area (Å²) in [5, 5.41) is 20.7. The second kappa shape index (κ2) is 7.89. The molecule has 0 aromatic heterocycles. The number of carboxylic acid groups (broad SMARTS) is 1. The molecule has 1 aromatic rings. The fraction of sp³-hybridized carbons (Fsp3) is 0.231. The third kappa shape index (κ3) is 5.61. The van der Waals surface area contributed by atoms with E-state index in [9.17, 15) is 9.59 Å². The van der Waals surface area contributed by atoms with Crippen molar-refractivity contribution in [2.75, 3.05) is 6.54 Å². The number of aliphatic hydroxyl groups excluding tert-OH is 1. The van der Waals surface area contributed by atoms with E-state index in [1.165, 1.54) is 6.08 Å². The van der Waals surface area contributed by atoms with Crippen molar-refractivity contribution < 1.29 is 19.8 Å². The predicted molar refractivity (Wildman–Crippen MR) is 76.8 cm³/mol. The van der Waals surface area contributed by atoms with Crippen LogP contribution in [-0.2, 0) is 9.59 Å². The lowest BCUT2D eigenvalue weighted by molar-refractivity contribution is -0.147. The summed E-state index contributed by atoms with van der Waals surface area (Å²) in [5.41, 5.74) is 0.708. The minimum atomic E-state index is -1.48. The number of benzene rings is 1. The molecule has 0 radical (unpaired) electrons. The molecule has 0 saturated carbocycles. The lowest BCUT2D eigenvalue weighted by Gasteiger charge is -2.05. The highest BCUT2D eigenvalue weighted by atomic mass is 35.5. The van der Waals surface area contributed by atoms with Gasteiger partial charge < -0.3 is 15.5 Å². The van der Waals surface area contributed by atoms with Crippen LogP contribution in [0.25, 0.3) is 6.08 Å². The van der Waals surface area contributed by atoms with E-state index in [1.54, 1.807) is 24.3 Å². The fourth-order valence-electron chi connectivity index (χ4n) is 1.30. The van der Waals surface area contributed by atoms with Crippen LogP contribution in [0.5, 0.6) is 0 Å². The molecule has 0 fully saturated rings. The van der Waals surface area contributed by atoms with E-state index in [-0.39, 0.29) is 13.0 Å². The first-order valence-corrected chi connectivity index (χ1v) is 6.47. The number of carbonyl (C=O) groups is 2. The third-order valence-corrected chi connectivity index (χ3v) is 3.11. The van der Waals surface area contributed by atoms with Crippen LogP contribution in [0.1, 0.15) is 12.0 Å². The van der Waals surface area contributed by atoms with E-state index in [4.69, 9.17) is 33.4 Å². The Labute approximate surface area is 125 Å². The lowest BCUT2D eigenvalue weighted by atomic mass is 10.2. The first-order chi connectivity index (χ1) is 9.40. The number of aliphatic carboxylic acids is 1. The molecule has 0 aliphatic rings. The van der Waals surface area contributed by atoms with Gasteiger partial charge in [-0.05, 0) is 23.8 Å². The van der Waals surface area contributed by atoms with Crippen LogP contribution in [0.4, 0.5) is 0 Å². The molecular formula is C13H13Cl2NO4. The molecule has 0 aliphatic carbocycles. The van der Waals surface area contributed by atoms with Gasteiger partial charge in [0, 0.05) is 19.0 Å². The van der Waals surface area contributed by atoms with Crippen molar-refractivity contribution >= 4 is 41.2 Å². The maximum atomic E-state index is 11.4. The number of amides is 1. The Balaban J connectivity index is 2.43. The van der Waals surface area contributed by atoms with Crippen molar-refractivity contribution in [3.63, 3.8) is 0 Å². The van der Waals surface area contributed by atoms with E-state index in [0.717, 1.165) is 0 Å².